The Bertz CT molecular complexity index is 1960. The zero-order valence-corrected chi connectivity index (χ0v) is 35.4. The minimum Gasteiger partial charge on any atom is -0.369 e. The van der Waals surface area contributed by atoms with Crippen molar-refractivity contribution in [1.29, 1.82) is 0 Å². The van der Waals surface area contributed by atoms with Crippen LogP contribution in [0.5, 0.6) is 0 Å². The number of hydrogen-bond acceptors (Lipinski definition) is 7. The Hall–Kier alpha value is -4.48. The van der Waals surface area contributed by atoms with Crippen molar-refractivity contribution in [3.63, 3.8) is 0 Å². The fourth-order valence-corrected chi connectivity index (χ4v) is 7.45. The molecular formula is C41H48BrClF6N8O2. The molecule has 2 amide bonds. The molecule has 320 valence electrons. The van der Waals surface area contributed by atoms with Gasteiger partial charge in [0.1, 0.15) is 23.5 Å². The Kier molecular flexibility index (Phi) is 16.0. The lowest BCUT2D eigenvalue weighted by Gasteiger charge is -2.37. The molecule has 3 fully saturated rings. The van der Waals surface area contributed by atoms with E-state index in [1.807, 2.05) is 28.9 Å². The molecule has 1 N–H and O–H groups in total. The van der Waals surface area contributed by atoms with Crippen LogP contribution in [-0.4, -0.2) is 115 Å². The molecule has 18 heteroatoms. The van der Waals surface area contributed by atoms with Gasteiger partial charge in [-0.25, -0.2) is 13.2 Å². The third kappa shape index (κ3) is 12.3. The SMILES string of the molecule is CC(Br)C(=O)N1CCN(c2ccc(F)cc2)CC1.Cc1c(Cl)c(C(F)(F)F)nn1C(C)C(=O)N1CCN(c2ccc(F)cc2)CC1.Fc1ccc(N2CCNCC2)cc1. The molecule has 0 spiro atoms. The van der Waals surface area contributed by atoms with Gasteiger partial charge >= 0.3 is 6.18 Å². The van der Waals surface area contributed by atoms with Gasteiger partial charge in [-0.05, 0) is 93.6 Å². The number of anilines is 3. The van der Waals surface area contributed by atoms with Gasteiger partial charge in [0, 0.05) is 95.6 Å². The normalized spacial score (nSPS) is 17.0. The van der Waals surface area contributed by atoms with Crippen LogP contribution in [0.1, 0.15) is 31.3 Å². The van der Waals surface area contributed by atoms with Crippen LogP contribution in [0.15, 0.2) is 72.8 Å². The molecule has 2 atom stereocenters. The lowest BCUT2D eigenvalue weighted by atomic mass is 10.2. The van der Waals surface area contributed by atoms with Crippen LogP contribution in [0.25, 0.3) is 0 Å². The van der Waals surface area contributed by atoms with Crippen molar-refractivity contribution in [1.82, 2.24) is 24.9 Å². The van der Waals surface area contributed by atoms with E-state index < -0.39 is 22.9 Å². The summed E-state index contributed by atoms with van der Waals surface area (Å²) < 4.78 is 78.6. The quantitative estimate of drug-likeness (QED) is 0.160. The number of halogens is 8. The standard InChI is InChI=1S/C18H19ClF4N4O.C13H16BrFN2O.C10H13FN2/c1-11-15(19)16(18(21,22)23)24-27(11)12(2)17(28)26-9-7-25(8-10-26)14-5-3-13(20)4-6-14;1-10(14)13(18)17-8-6-16(7-9-17)12-4-2-11(15)3-5-12;11-9-1-3-10(4-2-9)13-7-5-12-6-8-13/h3-6,12H,7-10H2,1-2H3;2-5,10H,6-9H2,1H3;1-4,12H,5-8H2. The lowest BCUT2D eigenvalue weighted by molar-refractivity contribution is -0.142. The number of rotatable bonds is 6. The highest BCUT2D eigenvalue weighted by molar-refractivity contribution is 9.10. The van der Waals surface area contributed by atoms with Gasteiger partial charge < -0.3 is 29.8 Å². The number of hydrogen-bond donors (Lipinski definition) is 1. The molecule has 2 unspecified atom stereocenters. The minimum absolute atomic E-state index is 0.0970. The van der Waals surface area contributed by atoms with Crippen LogP contribution >= 0.6 is 27.5 Å². The van der Waals surface area contributed by atoms with Gasteiger partial charge in [-0.15, -0.1) is 0 Å². The second-order valence-corrected chi connectivity index (χ2v) is 16.0. The van der Waals surface area contributed by atoms with E-state index in [4.69, 9.17) is 11.6 Å². The molecular weight excluding hydrogens is 866 g/mol. The summed E-state index contributed by atoms with van der Waals surface area (Å²) in [6.07, 6.45) is -4.68. The van der Waals surface area contributed by atoms with Crippen LogP contribution in [0, 0.1) is 24.4 Å². The molecule has 10 nitrogen and oxygen atoms in total. The number of carbonyl (C=O) groups is 2. The second-order valence-electron chi connectivity index (χ2n) is 14.3. The summed E-state index contributed by atoms with van der Waals surface area (Å²) in [5.41, 5.74) is 1.89. The van der Waals surface area contributed by atoms with E-state index >= 15 is 0 Å². The van der Waals surface area contributed by atoms with E-state index in [2.05, 4.69) is 36.1 Å². The van der Waals surface area contributed by atoms with Crippen molar-refractivity contribution in [2.75, 3.05) is 93.2 Å². The van der Waals surface area contributed by atoms with Crippen molar-refractivity contribution in [2.24, 2.45) is 0 Å². The first kappa shape index (κ1) is 45.6. The predicted molar refractivity (Wildman–Crippen MR) is 222 cm³/mol. The highest BCUT2D eigenvalue weighted by Gasteiger charge is 2.39. The highest BCUT2D eigenvalue weighted by atomic mass is 79.9. The van der Waals surface area contributed by atoms with Crippen LogP contribution in [0.4, 0.5) is 43.4 Å². The maximum absolute atomic E-state index is 13.0. The number of nitrogens with zero attached hydrogens (tertiary/aromatic N) is 7. The number of alkyl halides is 4. The fraction of sp³-hybridized carbons (Fsp3) is 0.439. The van der Waals surface area contributed by atoms with Crippen molar-refractivity contribution >= 4 is 56.4 Å². The average molecular weight is 914 g/mol. The molecule has 3 aliphatic heterocycles. The topological polar surface area (TPSA) is 80.2 Å². The van der Waals surface area contributed by atoms with E-state index in [9.17, 15) is 35.9 Å². The van der Waals surface area contributed by atoms with E-state index in [0.29, 0.717) is 39.3 Å². The molecule has 0 aliphatic carbocycles. The third-order valence-electron chi connectivity index (χ3n) is 10.3. The van der Waals surface area contributed by atoms with Crippen molar-refractivity contribution < 1.29 is 35.9 Å². The van der Waals surface area contributed by atoms with E-state index in [1.165, 1.54) is 50.2 Å². The van der Waals surface area contributed by atoms with E-state index in [0.717, 1.165) is 61.0 Å². The van der Waals surface area contributed by atoms with Gasteiger partial charge in [-0.1, -0.05) is 27.5 Å². The number of amides is 2. The van der Waals surface area contributed by atoms with Crippen molar-refractivity contribution in [3.8, 4) is 0 Å². The van der Waals surface area contributed by atoms with Gasteiger partial charge in [0.2, 0.25) is 11.8 Å². The summed E-state index contributed by atoms with van der Waals surface area (Å²) in [6, 6.07) is 18.4. The molecule has 3 aliphatic rings. The molecule has 3 saturated heterocycles. The molecule has 1 aromatic heterocycles. The molecule has 3 aromatic carbocycles. The van der Waals surface area contributed by atoms with Gasteiger partial charge in [-0.2, -0.15) is 18.3 Å². The average Bonchev–Trinajstić information content (AvgIpc) is 3.55. The summed E-state index contributed by atoms with van der Waals surface area (Å²) in [5.74, 6) is -0.902. The summed E-state index contributed by atoms with van der Waals surface area (Å²) >= 11 is 9.07. The van der Waals surface area contributed by atoms with Crippen molar-refractivity contribution in [3.05, 3.63) is 107 Å². The maximum Gasteiger partial charge on any atom is 0.436 e. The molecule has 59 heavy (non-hydrogen) atoms. The molecule has 4 heterocycles. The van der Waals surface area contributed by atoms with Gasteiger partial charge in [0.25, 0.3) is 0 Å². The molecule has 0 radical (unpaired) electrons. The largest absolute Gasteiger partial charge is 0.436 e. The summed E-state index contributed by atoms with van der Waals surface area (Å²) in [7, 11) is 0. The number of carbonyl (C=O) groups excluding carboxylic acids is 2. The number of piperazine rings is 3. The van der Waals surface area contributed by atoms with Gasteiger partial charge in [-0.3, -0.25) is 14.3 Å². The zero-order chi connectivity index (χ0) is 42.9. The third-order valence-corrected chi connectivity index (χ3v) is 11.1. The highest BCUT2D eigenvalue weighted by Crippen LogP contribution is 2.36. The molecule has 0 bridgehead atoms. The first-order chi connectivity index (χ1) is 28.0. The summed E-state index contributed by atoms with van der Waals surface area (Å²) in [4.78, 5) is 34.3. The second kappa shape index (κ2) is 20.7. The Balaban J connectivity index is 0.000000182. The molecule has 4 aromatic rings. The monoisotopic (exact) mass is 912 g/mol. The van der Waals surface area contributed by atoms with Crippen LogP contribution < -0.4 is 20.0 Å². The smallest absolute Gasteiger partial charge is 0.369 e. The van der Waals surface area contributed by atoms with Crippen molar-refractivity contribution in [2.45, 2.75) is 37.8 Å². The zero-order valence-electron chi connectivity index (χ0n) is 33.0. The number of nitrogens with one attached hydrogen (secondary N) is 1. The minimum atomic E-state index is -4.68. The Morgan fingerprint density at radius 1 is 0.644 bits per heavy atom. The lowest BCUT2D eigenvalue weighted by Crippen LogP contribution is -2.50. The van der Waals surface area contributed by atoms with Gasteiger partial charge in [0.15, 0.2) is 5.69 Å². The predicted octanol–water partition coefficient (Wildman–Crippen LogP) is 7.41. The Labute approximate surface area is 353 Å². The van der Waals surface area contributed by atoms with Gasteiger partial charge in [0.05, 0.1) is 15.5 Å². The number of benzene rings is 3. The molecule has 0 saturated carbocycles. The van der Waals surface area contributed by atoms with Crippen LogP contribution in [0.3, 0.4) is 0 Å². The first-order valence-electron chi connectivity index (χ1n) is 19.3. The maximum atomic E-state index is 13.0. The van der Waals surface area contributed by atoms with E-state index in [1.54, 1.807) is 29.2 Å². The summed E-state index contributed by atoms with van der Waals surface area (Å²) in [5, 5.41) is 6.32. The molecule has 7 rings (SSSR count). The Morgan fingerprint density at radius 3 is 1.34 bits per heavy atom. The van der Waals surface area contributed by atoms with Crippen LogP contribution in [0.2, 0.25) is 5.02 Å². The fourth-order valence-electron chi connectivity index (χ4n) is 6.93. The summed E-state index contributed by atoms with van der Waals surface area (Å²) in [6.45, 7) is 13.7. The van der Waals surface area contributed by atoms with Crippen LogP contribution in [-0.2, 0) is 15.8 Å². The first-order valence-corrected chi connectivity index (χ1v) is 20.6. The Morgan fingerprint density at radius 2 is 1.00 bits per heavy atom. The van der Waals surface area contributed by atoms with E-state index in [-0.39, 0.29) is 39.8 Å². The number of aromatic nitrogens is 2.